The standard InChI is InChI=1S/C15H10F4INO/c16-10-6-5-9(12(7-10)15(17,18)19)8-21-14(22)11-3-1-2-4-13(11)20/h1-7H,8H2,(H,21,22). The molecule has 1 amide bonds. The van der Waals surface area contributed by atoms with Gasteiger partial charge in [-0.2, -0.15) is 13.2 Å². The maximum Gasteiger partial charge on any atom is 0.416 e. The molecule has 116 valence electrons. The second-order valence-electron chi connectivity index (χ2n) is 4.46. The van der Waals surface area contributed by atoms with E-state index in [0.717, 1.165) is 12.1 Å². The van der Waals surface area contributed by atoms with Crippen molar-refractivity contribution in [1.29, 1.82) is 0 Å². The minimum absolute atomic E-state index is 0.187. The summed E-state index contributed by atoms with van der Waals surface area (Å²) in [5.74, 6) is -1.46. The first-order chi connectivity index (χ1) is 10.3. The Hall–Kier alpha value is -1.64. The van der Waals surface area contributed by atoms with Crippen LogP contribution in [0.1, 0.15) is 21.5 Å². The van der Waals surface area contributed by atoms with Gasteiger partial charge in [0.1, 0.15) is 5.82 Å². The van der Waals surface area contributed by atoms with Gasteiger partial charge in [-0.05, 0) is 52.4 Å². The molecule has 0 aliphatic rings. The molecule has 7 heteroatoms. The Balaban J connectivity index is 2.19. The fourth-order valence-corrected chi connectivity index (χ4v) is 2.52. The van der Waals surface area contributed by atoms with E-state index in [9.17, 15) is 22.4 Å². The van der Waals surface area contributed by atoms with Gasteiger partial charge in [-0.1, -0.05) is 18.2 Å². The van der Waals surface area contributed by atoms with Gasteiger partial charge in [0.25, 0.3) is 5.91 Å². The van der Waals surface area contributed by atoms with Crippen molar-refractivity contribution < 1.29 is 22.4 Å². The van der Waals surface area contributed by atoms with Crippen molar-refractivity contribution in [2.24, 2.45) is 0 Å². The molecule has 1 N–H and O–H groups in total. The van der Waals surface area contributed by atoms with Gasteiger partial charge >= 0.3 is 6.18 Å². The molecule has 0 saturated heterocycles. The van der Waals surface area contributed by atoms with Crippen LogP contribution in [-0.4, -0.2) is 5.91 Å². The third-order valence-electron chi connectivity index (χ3n) is 2.94. The molecule has 2 rings (SSSR count). The highest BCUT2D eigenvalue weighted by molar-refractivity contribution is 14.1. The fourth-order valence-electron chi connectivity index (χ4n) is 1.88. The van der Waals surface area contributed by atoms with Crippen molar-refractivity contribution in [3.05, 3.63) is 68.5 Å². The summed E-state index contributed by atoms with van der Waals surface area (Å²) in [6.07, 6.45) is -4.68. The lowest BCUT2D eigenvalue weighted by Crippen LogP contribution is -2.25. The molecule has 0 heterocycles. The lowest BCUT2D eigenvalue weighted by molar-refractivity contribution is -0.138. The molecule has 0 aromatic heterocycles. The van der Waals surface area contributed by atoms with Crippen LogP contribution in [0, 0.1) is 9.39 Å². The first kappa shape index (κ1) is 16.7. The Bertz CT molecular complexity index is 700. The molecule has 2 aromatic rings. The number of carbonyl (C=O) groups is 1. The van der Waals surface area contributed by atoms with Crippen LogP contribution in [0.2, 0.25) is 0 Å². The first-order valence-corrected chi connectivity index (χ1v) is 7.25. The van der Waals surface area contributed by atoms with Gasteiger partial charge in [-0.15, -0.1) is 0 Å². The van der Waals surface area contributed by atoms with E-state index >= 15 is 0 Å². The molecule has 0 spiro atoms. The Morgan fingerprint density at radius 2 is 1.82 bits per heavy atom. The molecule has 0 saturated carbocycles. The van der Waals surface area contributed by atoms with Crippen molar-refractivity contribution in [2.45, 2.75) is 12.7 Å². The highest BCUT2D eigenvalue weighted by Crippen LogP contribution is 2.32. The van der Waals surface area contributed by atoms with Crippen molar-refractivity contribution in [2.75, 3.05) is 0 Å². The van der Waals surface area contributed by atoms with Gasteiger partial charge < -0.3 is 5.32 Å². The molecule has 22 heavy (non-hydrogen) atoms. The number of alkyl halides is 3. The summed E-state index contributed by atoms with van der Waals surface area (Å²) >= 11 is 1.96. The molecule has 0 aliphatic heterocycles. The normalized spacial score (nSPS) is 11.3. The number of hydrogen-bond donors (Lipinski definition) is 1. The van der Waals surface area contributed by atoms with Gasteiger partial charge in [0, 0.05) is 10.1 Å². The van der Waals surface area contributed by atoms with E-state index in [4.69, 9.17) is 0 Å². The molecule has 0 radical (unpaired) electrons. The van der Waals surface area contributed by atoms with Crippen LogP contribution >= 0.6 is 22.6 Å². The van der Waals surface area contributed by atoms with Crippen LogP contribution in [0.15, 0.2) is 42.5 Å². The third kappa shape index (κ3) is 3.96. The van der Waals surface area contributed by atoms with Crippen LogP contribution in [0.25, 0.3) is 0 Å². The van der Waals surface area contributed by atoms with Crippen LogP contribution in [0.3, 0.4) is 0 Å². The Morgan fingerprint density at radius 3 is 2.45 bits per heavy atom. The van der Waals surface area contributed by atoms with E-state index in [0.29, 0.717) is 15.2 Å². The van der Waals surface area contributed by atoms with Crippen LogP contribution < -0.4 is 5.32 Å². The highest BCUT2D eigenvalue weighted by Gasteiger charge is 2.33. The number of halogens is 5. The lowest BCUT2D eigenvalue weighted by Gasteiger charge is -2.14. The van der Waals surface area contributed by atoms with Crippen molar-refractivity contribution in [3.8, 4) is 0 Å². The van der Waals surface area contributed by atoms with E-state index in [-0.39, 0.29) is 12.1 Å². The van der Waals surface area contributed by atoms with E-state index in [1.54, 1.807) is 24.3 Å². The van der Waals surface area contributed by atoms with Gasteiger partial charge in [-0.25, -0.2) is 4.39 Å². The largest absolute Gasteiger partial charge is 0.416 e. The summed E-state index contributed by atoms with van der Waals surface area (Å²) in [6.45, 7) is -0.334. The summed E-state index contributed by atoms with van der Waals surface area (Å²) < 4.78 is 52.3. The van der Waals surface area contributed by atoms with Gasteiger partial charge in [0.15, 0.2) is 0 Å². The van der Waals surface area contributed by atoms with Crippen LogP contribution in [-0.2, 0) is 12.7 Å². The summed E-state index contributed by atoms with van der Waals surface area (Å²) in [7, 11) is 0. The molecule has 0 bridgehead atoms. The van der Waals surface area contributed by atoms with Crippen molar-refractivity contribution in [1.82, 2.24) is 5.32 Å². The predicted molar refractivity (Wildman–Crippen MR) is 81.7 cm³/mol. The Labute approximate surface area is 137 Å². The maximum absolute atomic E-state index is 13.0. The zero-order valence-corrected chi connectivity index (χ0v) is 13.2. The molecular weight excluding hydrogens is 413 g/mol. The third-order valence-corrected chi connectivity index (χ3v) is 3.88. The van der Waals surface area contributed by atoms with Crippen LogP contribution in [0.4, 0.5) is 17.6 Å². The molecule has 2 nitrogen and oxygen atoms in total. The summed E-state index contributed by atoms with van der Waals surface area (Å²) in [6, 6.07) is 9.09. The number of nitrogens with one attached hydrogen (secondary N) is 1. The van der Waals surface area contributed by atoms with Crippen molar-refractivity contribution in [3.63, 3.8) is 0 Å². The molecular formula is C15H10F4INO. The number of amides is 1. The monoisotopic (exact) mass is 423 g/mol. The number of carbonyl (C=O) groups excluding carboxylic acids is 1. The highest BCUT2D eigenvalue weighted by atomic mass is 127. The zero-order chi connectivity index (χ0) is 16.3. The first-order valence-electron chi connectivity index (χ1n) is 6.17. The Morgan fingerprint density at radius 1 is 1.14 bits per heavy atom. The Kier molecular flexibility index (Phi) is 5.05. The number of rotatable bonds is 3. The lowest BCUT2D eigenvalue weighted by atomic mass is 10.1. The summed E-state index contributed by atoms with van der Waals surface area (Å²) in [4.78, 5) is 12.0. The smallest absolute Gasteiger partial charge is 0.348 e. The number of hydrogen-bond acceptors (Lipinski definition) is 1. The molecule has 2 aromatic carbocycles. The second kappa shape index (κ2) is 6.64. The second-order valence-corrected chi connectivity index (χ2v) is 5.62. The minimum atomic E-state index is -4.68. The number of benzene rings is 2. The van der Waals surface area contributed by atoms with Crippen LogP contribution in [0.5, 0.6) is 0 Å². The van der Waals surface area contributed by atoms with E-state index < -0.39 is 23.5 Å². The van der Waals surface area contributed by atoms with Gasteiger partial charge in [0.2, 0.25) is 0 Å². The van der Waals surface area contributed by atoms with E-state index in [1.807, 2.05) is 22.6 Å². The molecule has 0 unspecified atom stereocenters. The maximum atomic E-state index is 13.0. The fraction of sp³-hybridized carbons (Fsp3) is 0.133. The topological polar surface area (TPSA) is 29.1 Å². The molecule has 0 aliphatic carbocycles. The van der Waals surface area contributed by atoms with Gasteiger partial charge in [0.05, 0.1) is 11.1 Å². The SMILES string of the molecule is O=C(NCc1ccc(F)cc1C(F)(F)F)c1ccccc1I. The minimum Gasteiger partial charge on any atom is -0.348 e. The molecule has 0 atom stereocenters. The quantitative estimate of drug-likeness (QED) is 0.577. The summed E-state index contributed by atoms with van der Waals surface area (Å²) in [5.41, 5.74) is -0.900. The average molecular weight is 423 g/mol. The van der Waals surface area contributed by atoms with E-state index in [1.165, 1.54) is 0 Å². The van der Waals surface area contributed by atoms with E-state index in [2.05, 4.69) is 5.32 Å². The molecule has 0 fully saturated rings. The average Bonchev–Trinajstić information content (AvgIpc) is 2.45. The zero-order valence-electron chi connectivity index (χ0n) is 11.0. The predicted octanol–water partition coefficient (Wildman–Crippen LogP) is 4.38. The van der Waals surface area contributed by atoms with Crippen molar-refractivity contribution >= 4 is 28.5 Å². The summed E-state index contributed by atoms with van der Waals surface area (Å²) in [5, 5.41) is 2.42. The van der Waals surface area contributed by atoms with Gasteiger partial charge in [-0.3, -0.25) is 4.79 Å².